The fourth-order valence-electron chi connectivity index (χ4n) is 1.20. The number of amides is 2. The average molecular weight is 329 g/mol. The Bertz CT molecular complexity index is 344. The van der Waals surface area contributed by atoms with Crippen molar-refractivity contribution in [3.63, 3.8) is 0 Å². The maximum Gasteiger partial charge on any atom is 0.333 e. The van der Waals surface area contributed by atoms with E-state index in [4.69, 9.17) is 10.3 Å². The molecule has 0 aromatic carbocycles. The van der Waals surface area contributed by atoms with Crippen molar-refractivity contribution < 1.29 is 23.4 Å². The summed E-state index contributed by atoms with van der Waals surface area (Å²) in [5, 5.41) is 4.98. The van der Waals surface area contributed by atoms with Crippen LogP contribution in [0.5, 0.6) is 0 Å². The largest absolute Gasteiger partial charge is 0.450 e. The molecule has 11 heteroatoms. The summed E-state index contributed by atoms with van der Waals surface area (Å²) in [7, 11) is 5.90. The average Bonchev–Trinajstić information content (AvgIpc) is 2.39. The fourth-order valence-corrected chi connectivity index (χ4v) is 1.78. The van der Waals surface area contributed by atoms with E-state index in [2.05, 4.69) is 24.3 Å². The monoisotopic (exact) mass is 329 g/mol. The Morgan fingerprint density at radius 1 is 1.32 bits per heavy atom. The van der Waals surface area contributed by atoms with Gasteiger partial charge in [0.1, 0.15) is 0 Å². The van der Waals surface area contributed by atoms with Crippen LogP contribution in [0.4, 0.5) is 0 Å². The van der Waals surface area contributed by atoms with Gasteiger partial charge in [-0.25, -0.2) is 4.79 Å². The molecule has 0 aromatic rings. The van der Waals surface area contributed by atoms with Crippen molar-refractivity contribution >= 4 is 46.1 Å². The highest BCUT2D eigenvalue weighted by Gasteiger charge is 2.30. The summed E-state index contributed by atoms with van der Waals surface area (Å²) in [6, 6.07) is -1.87. The zero-order chi connectivity index (χ0) is 15.0. The smallest absolute Gasteiger partial charge is 0.333 e. The van der Waals surface area contributed by atoms with E-state index >= 15 is 0 Å². The molecule has 0 saturated carbocycles. The molecule has 6 atom stereocenters. The Kier molecular flexibility index (Phi) is 9.32. The maximum atomic E-state index is 11.9. The van der Waals surface area contributed by atoms with Gasteiger partial charge < -0.3 is 20.1 Å². The quantitative estimate of drug-likeness (QED) is 0.472. The molecule has 0 radical (unpaired) electrons. The first-order valence-electron chi connectivity index (χ1n) is 5.18. The van der Waals surface area contributed by atoms with Gasteiger partial charge in [-0.3, -0.25) is 14.7 Å². The molecule has 2 amide bonds. The van der Waals surface area contributed by atoms with Gasteiger partial charge in [0, 0.05) is 9.47 Å². The van der Waals surface area contributed by atoms with Crippen LogP contribution in [0.1, 0.15) is 13.3 Å². The van der Waals surface area contributed by atoms with Gasteiger partial charge >= 0.3 is 5.97 Å². The third kappa shape index (κ3) is 6.55. The van der Waals surface area contributed by atoms with E-state index in [9.17, 15) is 14.4 Å². The van der Waals surface area contributed by atoms with Crippen LogP contribution in [-0.2, 0) is 23.4 Å². The molecule has 0 aliphatic carbocycles. The number of nitrogens with one attached hydrogen (secondary N) is 2. The van der Waals surface area contributed by atoms with Crippen molar-refractivity contribution in [3.05, 3.63) is 0 Å². The van der Waals surface area contributed by atoms with Crippen LogP contribution >= 0.6 is 28.3 Å². The zero-order valence-electron chi connectivity index (χ0n) is 10.3. The molecular formula is C8H18N3O5P3. The molecule has 0 rings (SSSR count). The van der Waals surface area contributed by atoms with Gasteiger partial charge in [0.25, 0.3) is 0 Å². The molecule has 0 bridgehead atoms. The molecule has 0 spiro atoms. The Labute approximate surface area is 118 Å². The number of nitrogens with two attached hydrogens (primary N) is 1. The number of primary amides is 1. The minimum absolute atomic E-state index is 0.200. The van der Waals surface area contributed by atoms with Gasteiger partial charge in [0.15, 0.2) is 6.04 Å². The van der Waals surface area contributed by atoms with E-state index in [1.54, 1.807) is 16.4 Å². The number of rotatable bonds is 8. The van der Waals surface area contributed by atoms with E-state index in [0.717, 1.165) is 0 Å². The molecule has 4 N–H and O–H groups in total. The van der Waals surface area contributed by atoms with Crippen LogP contribution in [0.2, 0.25) is 0 Å². The van der Waals surface area contributed by atoms with Crippen molar-refractivity contribution in [2.75, 3.05) is 0 Å². The minimum atomic E-state index is -1.00. The lowest BCUT2D eigenvalue weighted by Gasteiger charge is -2.23. The highest BCUT2D eigenvalue weighted by molar-refractivity contribution is 7.13. The summed E-state index contributed by atoms with van der Waals surface area (Å²) >= 11 is 0. The van der Waals surface area contributed by atoms with E-state index < -0.39 is 36.0 Å². The highest BCUT2D eigenvalue weighted by Crippen LogP contribution is 2.08. The summed E-state index contributed by atoms with van der Waals surface area (Å²) in [5.41, 5.74) is 5.02. The molecule has 0 saturated heterocycles. The number of hydrogen-bond donors (Lipinski definition) is 3. The summed E-state index contributed by atoms with van der Waals surface area (Å²) in [6.07, 6.45) is -0.825. The second-order valence-corrected chi connectivity index (χ2v) is 4.50. The van der Waals surface area contributed by atoms with Crippen molar-refractivity contribution in [2.45, 2.75) is 31.5 Å². The predicted octanol–water partition coefficient (Wildman–Crippen LogP) is -1.38. The van der Waals surface area contributed by atoms with Gasteiger partial charge in [-0.15, -0.1) is 0 Å². The van der Waals surface area contributed by atoms with Crippen LogP contribution < -0.4 is 16.1 Å². The standard InChI is InChI=1S/C8H18N3O5P3/c1-3(15-18)6(8(14)16-19)10-7(13)4(11-17)2-5(9)12/h3-4,6,11H,2,17-19H2,1H3,(H2,9,12)(H,10,13)/t3-,4+,6+/m1/s1. The van der Waals surface area contributed by atoms with Crippen LogP contribution in [0.3, 0.4) is 0 Å². The molecular weight excluding hydrogens is 311 g/mol. The zero-order valence-corrected chi connectivity index (χ0v) is 13.8. The summed E-state index contributed by atoms with van der Waals surface area (Å²) in [4.78, 5) is 34.2. The molecule has 8 nitrogen and oxygen atoms in total. The molecule has 110 valence electrons. The number of carbonyl (C=O) groups is 3. The second-order valence-electron chi connectivity index (χ2n) is 3.65. The van der Waals surface area contributed by atoms with Crippen molar-refractivity contribution in [3.8, 4) is 0 Å². The molecule has 0 aliphatic heterocycles. The van der Waals surface area contributed by atoms with Gasteiger partial charge in [-0.1, -0.05) is 9.39 Å². The molecule has 19 heavy (non-hydrogen) atoms. The Morgan fingerprint density at radius 3 is 2.26 bits per heavy atom. The third-order valence-electron chi connectivity index (χ3n) is 2.27. The molecule has 0 fully saturated rings. The van der Waals surface area contributed by atoms with Crippen molar-refractivity contribution in [1.29, 1.82) is 0 Å². The Hall–Kier alpha value is -0.380. The summed E-state index contributed by atoms with van der Waals surface area (Å²) in [6.45, 7) is 1.58. The normalized spacial score (nSPS) is 15.2. The topological polar surface area (TPSA) is 120 Å². The van der Waals surface area contributed by atoms with Crippen molar-refractivity contribution in [2.24, 2.45) is 5.73 Å². The minimum Gasteiger partial charge on any atom is -0.450 e. The molecule has 0 heterocycles. The highest BCUT2D eigenvalue weighted by atomic mass is 31.0. The van der Waals surface area contributed by atoms with E-state index in [-0.39, 0.29) is 6.42 Å². The van der Waals surface area contributed by atoms with Gasteiger partial charge in [0.05, 0.1) is 28.0 Å². The van der Waals surface area contributed by atoms with Crippen LogP contribution in [-0.4, -0.2) is 36.0 Å². The summed E-state index contributed by atoms with van der Waals surface area (Å²) < 4.78 is 9.39. The first-order valence-corrected chi connectivity index (χ1v) is 6.70. The number of hydrogen-bond acceptors (Lipinski definition) is 6. The van der Waals surface area contributed by atoms with E-state index in [0.29, 0.717) is 0 Å². The fraction of sp³-hybridized carbons (Fsp3) is 0.625. The van der Waals surface area contributed by atoms with Gasteiger partial charge in [-0.2, -0.15) is 0 Å². The van der Waals surface area contributed by atoms with Crippen LogP contribution in [0.15, 0.2) is 0 Å². The lowest BCUT2D eigenvalue weighted by molar-refractivity contribution is -0.141. The van der Waals surface area contributed by atoms with E-state index in [1.165, 1.54) is 0 Å². The Balaban J connectivity index is 4.77. The van der Waals surface area contributed by atoms with Gasteiger partial charge in [0.2, 0.25) is 11.8 Å². The molecule has 0 aromatic heterocycles. The van der Waals surface area contributed by atoms with Crippen LogP contribution in [0.25, 0.3) is 0 Å². The lowest BCUT2D eigenvalue weighted by Crippen LogP contribution is -2.53. The third-order valence-corrected chi connectivity index (χ3v) is 3.34. The SMILES string of the molecule is C[C@@H](OP)[C@H](NC(=O)[C@H](CC(N)=O)NP)C(=O)OP. The first-order chi connectivity index (χ1) is 8.87. The number of carbonyl (C=O) groups excluding carboxylic acids is 3. The predicted molar refractivity (Wildman–Crippen MR) is 78.4 cm³/mol. The maximum absolute atomic E-state index is 11.9. The summed E-state index contributed by atoms with van der Waals surface area (Å²) in [5.74, 6) is -1.89. The molecule has 3 unspecified atom stereocenters. The second kappa shape index (κ2) is 9.51. The lowest BCUT2D eigenvalue weighted by atomic mass is 10.1. The Morgan fingerprint density at radius 2 is 1.89 bits per heavy atom. The van der Waals surface area contributed by atoms with Gasteiger partial charge in [-0.05, 0) is 6.92 Å². The van der Waals surface area contributed by atoms with Crippen molar-refractivity contribution in [1.82, 2.24) is 10.4 Å². The van der Waals surface area contributed by atoms with Crippen LogP contribution in [0, 0.1) is 0 Å². The molecule has 0 aliphatic rings. The van der Waals surface area contributed by atoms with E-state index in [1.807, 2.05) is 9.47 Å². The first kappa shape index (κ1) is 18.6.